The fourth-order valence-corrected chi connectivity index (χ4v) is 1.66. The van der Waals surface area contributed by atoms with E-state index >= 15 is 0 Å². The minimum atomic E-state index is 0. The molecule has 0 aliphatic rings. The maximum atomic E-state index is 3.85. The molecule has 0 saturated heterocycles. The van der Waals surface area contributed by atoms with Crippen LogP contribution in [-0.4, -0.2) is 0 Å². The molecule has 0 heterocycles. The maximum absolute atomic E-state index is 3.85. The molecule has 0 fully saturated rings. The topological polar surface area (TPSA) is 0 Å². The van der Waals surface area contributed by atoms with Gasteiger partial charge in [0.2, 0.25) is 0 Å². The maximum Gasteiger partial charge on any atom is 2.00 e. The van der Waals surface area contributed by atoms with E-state index in [1.54, 1.807) is 6.92 Å². The van der Waals surface area contributed by atoms with Crippen LogP contribution < -0.4 is 0 Å². The fourth-order valence-electron chi connectivity index (χ4n) is 1.66. The molecule has 0 aromatic rings. The van der Waals surface area contributed by atoms with Crippen LogP contribution in [0.2, 0.25) is 0 Å². The minimum absolute atomic E-state index is 0. The van der Waals surface area contributed by atoms with Crippen molar-refractivity contribution in [2.24, 2.45) is 0 Å². The molecule has 0 aromatic heterocycles. The van der Waals surface area contributed by atoms with Crippen LogP contribution in [0.3, 0.4) is 0 Å². The van der Waals surface area contributed by atoms with Crippen molar-refractivity contribution in [2.75, 3.05) is 0 Å². The van der Waals surface area contributed by atoms with E-state index in [1.165, 1.54) is 64.2 Å². The van der Waals surface area contributed by atoms with Gasteiger partial charge in [-0.3, -0.25) is 0 Å². The van der Waals surface area contributed by atoms with Gasteiger partial charge in [-0.05, 0) is 0 Å². The van der Waals surface area contributed by atoms with Crippen LogP contribution in [0.5, 0.6) is 0 Å². The van der Waals surface area contributed by atoms with Gasteiger partial charge in [0.15, 0.2) is 0 Å². The molecule has 0 spiro atoms. The first-order valence-corrected chi connectivity index (χ1v) is 6.91. The number of unbranched alkanes of at least 4 members (excludes halogenated alkanes) is 10. The van der Waals surface area contributed by atoms with E-state index in [0.717, 1.165) is 6.42 Å². The molecule has 96 valence electrons. The van der Waals surface area contributed by atoms with Crippen molar-refractivity contribution in [2.45, 2.75) is 84.5 Å². The minimum Gasteiger partial charge on any atom is -0.346 e. The van der Waals surface area contributed by atoms with E-state index in [4.69, 9.17) is 0 Å². The Hall–Kier alpha value is 0.883. The van der Waals surface area contributed by atoms with Crippen LogP contribution in [0, 0.1) is 13.8 Å². The van der Waals surface area contributed by atoms with Gasteiger partial charge in [-0.2, -0.15) is 13.3 Å². The summed E-state index contributed by atoms with van der Waals surface area (Å²) in [7, 11) is 0. The first kappa shape index (κ1) is 22.1. The Bertz CT molecular complexity index is 71.5. The summed E-state index contributed by atoms with van der Waals surface area (Å²) in [5, 5.41) is 0. The molecule has 0 atom stereocenters. The van der Waals surface area contributed by atoms with E-state index in [2.05, 4.69) is 20.8 Å². The normalized spacial score (nSPS) is 9.00. The van der Waals surface area contributed by atoms with E-state index in [-0.39, 0.29) is 26.2 Å². The Labute approximate surface area is 124 Å². The number of hydrogen-bond acceptors (Lipinski definition) is 0. The predicted molar refractivity (Wildman–Crippen MR) is 72.8 cm³/mol. The van der Waals surface area contributed by atoms with Gasteiger partial charge >= 0.3 is 26.2 Å². The molecule has 0 aromatic carbocycles. The molecular weight excluding hydrogens is 271 g/mol. The van der Waals surface area contributed by atoms with Gasteiger partial charge < -0.3 is 13.8 Å². The second-order valence-corrected chi connectivity index (χ2v) is 4.04. The molecule has 16 heavy (non-hydrogen) atoms. The molecule has 0 unspecified atom stereocenters. The first-order valence-electron chi connectivity index (χ1n) is 6.91. The SMILES string of the molecule is [CH2-]C.[CH2-]CCCCCCCCCCCC.[Zr+2]. The Morgan fingerprint density at radius 3 is 1.25 bits per heavy atom. The molecule has 0 bridgehead atoms. The number of hydrogen-bond donors (Lipinski definition) is 0. The Balaban J connectivity index is -0.000000529. The molecule has 1 heteroatoms. The molecule has 0 rings (SSSR count). The van der Waals surface area contributed by atoms with E-state index in [0.29, 0.717) is 0 Å². The average Bonchev–Trinajstić information content (AvgIpc) is 2.30. The summed E-state index contributed by atoms with van der Waals surface area (Å²) in [6, 6.07) is 0. The van der Waals surface area contributed by atoms with Crippen LogP contribution in [0.25, 0.3) is 0 Å². The van der Waals surface area contributed by atoms with Crippen LogP contribution in [0.15, 0.2) is 0 Å². The van der Waals surface area contributed by atoms with E-state index in [9.17, 15) is 0 Å². The molecule has 0 nitrogen and oxygen atoms in total. The third-order valence-corrected chi connectivity index (χ3v) is 2.60. The molecule has 0 N–H and O–H groups in total. The predicted octanol–water partition coefficient (Wildman–Crippen LogP) is 5.97. The molecule has 0 radical (unpaired) electrons. The smallest absolute Gasteiger partial charge is 0.346 e. The first-order chi connectivity index (χ1) is 7.41. The second kappa shape index (κ2) is 24.9. The van der Waals surface area contributed by atoms with Crippen LogP contribution >= 0.6 is 0 Å². The summed E-state index contributed by atoms with van der Waals surface area (Å²) in [6.45, 7) is 11.1. The summed E-state index contributed by atoms with van der Waals surface area (Å²) in [4.78, 5) is 0. The quantitative estimate of drug-likeness (QED) is 0.344. The molecule has 0 aliphatic carbocycles. The Morgan fingerprint density at radius 1 is 0.625 bits per heavy atom. The van der Waals surface area contributed by atoms with E-state index in [1.807, 2.05) is 0 Å². The number of rotatable bonds is 10. The van der Waals surface area contributed by atoms with Crippen molar-refractivity contribution in [3.05, 3.63) is 13.8 Å². The van der Waals surface area contributed by atoms with Gasteiger partial charge in [0.1, 0.15) is 0 Å². The molecule has 0 amide bonds. The van der Waals surface area contributed by atoms with Gasteiger partial charge in [0.25, 0.3) is 0 Å². The van der Waals surface area contributed by atoms with Crippen molar-refractivity contribution in [3.8, 4) is 0 Å². The zero-order chi connectivity index (χ0) is 11.8. The van der Waals surface area contributed by atoms with Gasteiger partial charge in [-0.1, -0.05) is 71.1 Å². The molecule has 0 saturated carbocycles. The van der Waals surface area contributed by atoms with Gasteiger partial charge in [0.05, 0.1) is 0 Å². The van der Waals surface area contributed by atoms with Crippen molar-refractivity contribution < 1.29 is 26.2 Å². The Morgan fingerprint density at radius 2 is 0.938 bits per heavy atom. The summed E-state index contributed by atoms with van der Waals surface area (Å²) in [5.41, 5.74) is 0. The van der Waals surface area contributed by atoms with Crippen molar-refractivity contribution in [1.29, 1.82) is 0 Å². The monoisotopic (exact) mass is 302 g/mol. The van der Waals surface area contributed by atoms with Crippen LogP contribution in [0.1, 0.15) is 84.5 Å². The Kier molecular flexibility index (Phi) is 34.4. The largest absolute Gasteiger partial charge is 2.00 e. The second-order valence-electron chi connectivity index (χ2n) is 4.04. The van der Waals surface area contributed by atoms with Crippen molar-refractivity contribution >= 4 is 0 Å². The summed E-state index contributed by atoms with van der Waals surface area (Å²) >= 11 is 0. The van der Waals surface area contributed by atoms with Crippen LogP contribution in [-0.2, 0) is 26.2 Å². The van der Waals surface area contributed by atoms with Crippen LogP contribution in [0.4, 0.5) is 0 Å². The molecular formula is C15H32Zr. The summed E-state index contributed by atoms with van der Waals surface area (Å²) < 4.78 is 0. The van der Waals surface area contributed by atoms with Gasteiger partial charge in [-0.15, -0.1) is 0 Å². The van der Waals surface area contributed by atoms with Crippen molar-refractivity contribution in [3.63, 3.8) is 0 Å². The van der Waals surface area contributed by atoms with Crippen molar-refractivity contribution in [1.82, 2.24) is 0 Å². The average molecular weight is 304 g/mol. The fraction of sp³-hybridized carbons (Fsp3) is 0.867. The summed E-state index contributed by atoms with van der Waals surface area (Å²) in [5.74, 6) is 0. The zero-order valence-electron chi connectivity index (χ0n) is 11.7. The third-order valence-electron chi connectivity index (χ3n) is 2.60. The van der Waals surface area contributed by atoms with Gasteiger partial charge in [-0.25, -0.2) is 0 Å². The van der Waals surface area contributed by atoms with Gasteiger partial charge in [0, 0.05) is 0 Å². The summed E-state index contributed by atoms with van der Waals surface area (Å²) in [6.07, 6.45) is 15.4. The molecule has 0 aliphatic heterocycles. The standard InChI is InChI=1S/C13H27.C2H5.Zr/c1-3-5-7-9-11-13-12-10-8-6-4-2;1-2;/h1,3-13H2,2H3;1H2,2H3;/q2*-1;+2. The third kappa shape index (κ3) is 24.2. The van der Waals surface area contributed by atoms with E-state index < -0.39 is 0 Å². The zero-order valence-corrected chi connectivity index (χ0v) is 14.2.